The van der Waals surface area contributed by atoms with Crippen LogP contribution in [0.25, 0.3) is 0 Å². The number of fused-ring (bicyclic) bond motifs is 1. The van der Waals surface area contributed by atoms with Crippen molar-refractivity contribution < 1.29 is 13.2 Å². The summed E-state index contributed by atoms with van der Waals surface area (Å²) < 4.78 is 31.8. The van der Waals surface area contributed by atoms with Crippen molar-refractivity contribution in [3.8, 4) is 5.75 Å². The molecule has 3 aromatic rings. The Morgan fingerprint density at radius 2 is 1.88 bits per heavy atom. The number of ether oxygens (including phenoxy) is 1. The Labute approximate surface area is 196 Å². The molecule has 0 spiro atoms. The van der Waals surface area contributed by atoms with Crippen molar-refractivity contribution in [2.24, 2.45) is 0 Å². The van der Waals surface area contributed by atoms with Crippen LogP contribution in [0.2, 0.25) is 0 Å². The average molecular weight is 466 g/mol. The second-order valence-corrected chi connectivity index (χ2v) is 10.9. The lowest BCUT2D eigenvalue weighted by molar-refractivity contribution is 0.410. The van der Waals surface area contributed by atoms with Gasteiger partial charge in [0.25, 0.3) is 0 Å². The van der Waals surface area contributed by atoms with Crippen LogP contribution in [0.5, 0.6) is 5.75 Å². The summed E-state index contributed by atoms with van der Waals surface area (Å²) in [4.78, 5) is 5.99. The minimum absolute atomic E-state index is 0.347. The summed E-state index contributed by atoms with van der Waals surface area (Å²) in [7, 11) is -1.62. The topological polar surface area (TPSA) is 65.6 Å². The molecule has 0 saturated carbocycles. The van der Waals surface area contributed by atoms with Gasteiger partial charge in [0.1, 0.15) is 11.6 Å². The molecule has 0 radical (unpaired) electrons. The first kappa shape index (κ1) is 21.9. The van der Waals surface area contributed by atoms with Gasteiger partial charge in [-0.2, -0.15) is 0 Å². The summed E-state index contributed by atoms with van der Waals surface area (Å²) in [5.41, 5.74) is 5.35. The summed E-state index contributed by atoms with van der Waals surface area (Å²) in [5.74, 6) is 1.96. The Morgan fingerprint density at radius 3 is 2.64 bits per heavy atom. The van der Waals surface area contributed by atoms with Crippen molar-refractivity contribution in [1.82, 2.24) is 4.98 Å². The Hall–Kier alpha value is -2.93. The van der Waals surface area contributed by atoms with E-state index in [1.807, 2.05) is 18.3 Å². The van der Waals surface area contributed by atoms with E-state index in [-0.39, 0.29) is 0 Å². The Balaban J connectivity index is 1.49. The van der Waals surface area contributed by atoms with Crippen molar-refractivity contribution in [2.45, 2.75) is 38.1 Å². The molecule has 1 unspecified atom stereocenters. The van der Waals surface area contributed by atoms with E-state index in [9.17, 15) is 8.42 Å². The number of sulfonamides is 1. The van der Waals surface area contributed by atoms with Gasteiger partial charge in [-0.1, -0.05) is 30.3 Å². The molecule has 1 saturated heterocycles. The van der Waals surface area contributed by atoms with Crippen molar-refractivity contribution in [1.29, 1.82) is 0 Å². The number of nitrogens with zero attached hydrogens (tertiary/aromatic N) is 2. The molecule has 1 atom stereocenters. The number of benzene rings is 2. The van der Waals surface area contributed by atoms with Crippen LogP contribution in [0, 0.1) is 0 Å². The predicted molar refractivity (Wildman–Crippen MR) is 133 cm³/mol. The molecule has 6 nitrogen and oxygen atoms in total. The number of methoxy groups -OCH3 is 1. The SMILES string of the molecule is COc1cc2c(cc1Cc1cc[nH]c1N1CCCCC1c1ccccc1)N(S(C)(=O)=O)CC2. The second-order valence-electron chi connectivity index (χ2n) is 9.02. The molecule has 33 heavy (non-hydrogen) atoms. The van der Waals surface area contributed by atoms with Crippen LogP contribution in [0.1, 0.15) is 47.6 Å². The Bertz CT molecular complexity index is 1240. The fourth-order valence-corrected chi connectivity index (χ4v) is 6.28. The first-order chi connectivity index (χ1) is 16.0. The molecule has 0 aliphatic carbocycles. The monoisotopic (exact) mass is 465 g/mol. The molecule has 2 aromatic carbocycles. The third-order valence-electron chi connectivity index (χ3n) is 6.90. The summed E-state index contributed by atoms with van der Waals surface area (Å²) in [5, 5.41) is 0. The zero-order chi connectivity index (χ0) is 23.0. The maximum absolute atomic E-state index is 12.3. The maximum atomic E-state index is 12.3. The molecule has 5 rings (SSSR count). The number of piperidine rings is 1. The van der Waals surface area contributed by atoms with E-state index in [1.54, 1.807) is 7.11 Å². The molecule has 174 valence electrons. The van der Waals surface area contributed by atoms with E-state index in [2.05, 4.69) is 46.3 Å². The molecule has 1 N–H and O–H groups in total. The third kappa shape index (κ3) is 4.22. The predicted octanol–water partition coefficient (Wildman–Crippen LogP) is 4.67. The lowest BCUT2D eigenvalue weighted by Gasteiger charge is -2.37. The molecule has 3 heterocycles. The summed E-state index contributed by atoms with van der Waals surface area (Å²) in [6, 6.07) is 17.2. The number of hydrogen-bond donors (Lipinski definition) is 1. The van der Waals surface area contributed by atoms with Crippen molar-refractivity contribution in [3.05, 3.63) is 77.0 Å². The highest BCUT2D eigenvalue weighted by atomic mass is 32.2. The zero-order valence-corrected chi connectivity index (χ0v) is 20.1. The van der Waals surface area contributed by atoms with Crippen molar-refractivity contribution in [3.63, 3.8) is 0 Å². The number of aromatic amines is 1. The van der Waals surface area contributed by atoms with Gasteiger partial charge < -0.3 is 14.6 Å². The zero-order valence-electron chi connectivity index (χ0n) is 19.3. The van der Waals surface area contributed by atoms with Gasteiger partial charge in [-0.05, 0) is 60.6 Å². The van der Waals surface area contributed by atoms with Gasteiger partial charge in [-0.15, -0.1) is 0 Å². The highest BCUT2D eigenvalue weighted by Crippen LogP contribution is 2.39. The van der Waals surface area contributed by atoms with Crippen LogP contribution in [-0.4, -0.2) is 39.9 Å². The molecule has 0 bridgehead atoms. The van der Waals surface area contributed by atoms with Gasteiger partial charge in [-0.3, -0.25) is 4.31 Å². The van der Waals surface area contributed by atoms with Gasteiger partial charge in [0.2, 0.25) is 10.0 Å². The van der Waals surface area contributed by atoms with Gasteiger partial charge in [0.05, 0.1) is 25.1 Å². The molecule has 2 aliphatic rings. The molecular weight excluding hydrogens is 434 g/mol. The van der Waals surface area contributed by atoms with E-state index in [4.69, 9.17) is 4.74 Å². The maximum Gasteiger partial charge on any atom is 0.232 e. The van der Waals surface area contributed by atoms with E-state index in [0.29, 0.717) is 25.4 Å². The van der Waals surface area contributed by atoms with E-state index >= 15 is 0 Å². The van der Waals surface area contributed by atoms with Crippen LogP contribution >= 0.6 is 0 Å². The molecule has 1 fully saturated rings. The fraction of sp³-hybridized carbons (Fsp3) is 0.385. The normalized spacial score (nSPS) is 18.4. The minimum atomic E-state index is -3.30. The number of anilines is 2. The van der Waals surface area contributed by atoms with Crippen LogP contribution < -0.4 is 13.9 Å². The van der Waals surface area contributed by atoms with E-state index in [0.717, 1.165) is 41.3 Å². The van der Waals surface area contributed by atoms with Gasteiger partial charge >= 0.3 is 0 Å². The number of rotatable bonds is 6. The molecule has 1 aromatic heterocycles. The van der Waals surface area contributed by atoms with Crippen LogP contribution in [0.3, 0.4) is 0 Å². The molecule has 0 amide bonds. The lowest BCUT2D eigenvalue weighted by Crippen LogP contribution is -2.34. The quantitative estimate of drug-likeness (QED) is 0.575. The minimum Gasteiger partial charge on any atom is -0.496 e. The van der Waals surface area contributed by atoms with E-state index in [1.165, 1.54) is 34.5 Å². The average Bonchev–Trinajstić information content (AvgIpc) is 3.45. The second kappa shape index (κ2) is 8.78. The van der Waals surface area contributed by atoms with Crippen LogP contribution in [-0.2, 0) is 22.9 Å². The van der Waals surface area contributed by atoms with Gasteiger partial charge in [-0.25, -0.2) is 8.42 Å². The standard InChI is InChI=1S/C26H31N3O3S/c1-32-25-18-20-12-15-29(33(2,30)31)24(20)17-22(25)16-21-11-13-27-26(21)28-14-7-6-10-23(28)19-8-4-3-5-9-19/h3-5,8-9,11,13,17-18,23,27H,6-7,10,12,14-16H2,1-2H3. The number of aromatic nitrogens is 1. The Morgan fingerprint density at radius 1 is 1.06 bits per heavy atom. The first-order valence-electron chi connectivity index (χ1n) is 11.6. The molecule has 2 aliphatic heterocycles. The van der Waals surface area contributed by atoms with Crippen LogP contribution in [0.4, 0.5) is 11.5 Å². The number of nitrogens with one attached hydrogen (secondary N) is 1. The van der Waals surface area contributed by atoms with E-state index < -0.39 is 10.0 Å². The van der Waals surface area contributed by atoms with Gasteiger partial charge in [0.15, 0.2) is 0 Å². The molecular formula is C26H31N3O3S. The molecule has 7 heteroatoms. The van der Waals surface area contributed by atoms with Gasteiger partial charge in [0, 0.05) is 31.3 Å². The number of hydrogen-bond acceptors (Lipinski definition) is 4. The van der Waals surface area contributed by atoms with Crippen molar-refractivity contribution >= 4 is 21.5 Å². The highest BCUT2D eigenvalue weighted by Gasteiger charge is 2.29. The number of H-pyrrole nitrogens is 1. The Kier molecular flexibility index (Phi) is 5.83. The smallest absolute Gasteiger partial charge is 0.232 e. The summed E-state index contributed by atoms with van der Waals surface area (Å²) in [6.07, 6.45) is 8.19. The van der Waals surface area contributed by atoms with Crippen LogP contribution in [0.15, 0.2) is 54.7 Å². The fourth-order valence-electron chi connectivity index (χ4n) is 5.33. The largest absolute Gasteiger partial charge is 0.496 e. The summed E-state index contributed by atoms with van der Waals surface area (Å²) >= 11 is 0. The third-order valence-corrected chi connectivity index (χ3v) is 8.08. The lowest BCUT2D eigenvalue weighted by atomic mass is 9.94. The highest BCUT2D eigenvalue weighted by molar-refractivity contribution is 7.92. The first-order valence-corrected chi connectivity index (χ1v) is 13.5. The van der Waals surface area contributed by atoms with Crippen molar-refractivity contribution in [2.75, 3.05) is 35.7 Å². The summed E-state index contributed by atoms with van der Waals surface area (Å²) in [6.45, 7) is 1.50.